The average molecular weight is 234 g/mol. The molecule has 3 nitrogen and oxygen atoms in total. The Morgan fingerprint density at radius 1 is 1.31 bits per heavy atom. The Labute approximate surface area is 98.9 Å². The SMILES string of the molecule is CCOc1cncc(-c2csc(CN)c2)c1. The molecule has 2 rings (SSSR count). The van der Waals surface area contributed by atoms with Crippen molar-refractivity contribution in [1.82, 2.24) is 4.98 Å². The Morgan fingerprint density at radius 2 is 2.19 bits per heavy atom. The van der Waals surface area contributed by atoms with Gasteiger partial charge in [0, 0.05) is 23.2 Å². The van der Waals surface area contributed by atoms with Gasteiger partial charge in [0.15, 0.2) is 0 Å². The fourth-order valence-corrected chi connectivity index (χ4v) is 2.24. The van der Waals surface area contributed by atoms with Crippen molar-refractivity contribution in [3.8, 4) is 16.9 Å². The third kappa shape index (κ3) is 2.40. The summed E-state index contributed by atoms with van der Waals surface area (Å²) in [6, 6.07) is 4.09. The Morgan fingerprint density at radius 3 is 2.88 bits per heavy atom. The summed E-state index contributed by atoms with van der Waals surface area (Å²) in [6.45, 7) is 3.20. The lowest BCUT2D eigenvalue weighted by atomic mass is 10.1. The number of rotatable bonds is 4. The Kier molecular flexibility index (Phi) is 3.54. The zero-order valence-corrected chi connectivity index (χ0v) is 9.96. The largest absolute Gasteiger partial charge is 0.492 e. The second-order valence-corrected chi connectivity index (χ2v) is 4.34. The van der Waals surface area contributed by atoms with Gasteiger partial charge in [0.05, 0.1) is 12.8 Å². The predicted molar refractivity (Wildman–Crippen MR) is 66.6 cm³/mol. The van der Waals surface area contributed by atoms with Crippen molar-refractivity contribution in [3.63, 3.8) is 0 Å². The predicted octanol–water partition coefficient (Wildman–Crippen LogP) is 2.67. The Balaban J connectivity index is 2.28. The van der Waals surface area contributed by atoms with Gasteiger partial charge in [0.25, 0.3) is 0 Å². The minimum atomic E-state index is 0.587. The molecule has 0 fully saturated rings. The van der Waals surface area contributed by atoms with E-state index >= 15 is 0 Å². The standard InChI is InChI=1S/C12H14N2OS/c1-2-15-11-3-9(6-14-7-11)10-4-12(5-13)16-8-10/h3-4,6-8H,2,5,13H2,1H3. The van der Waals surface area contributed by atoms with Crippen molar-refractivity contribution in [2.45, 2.75) is 13.5 Å². The van der Waals surface area contributed by atoms with E-state index in [1.165, 1.54) is 4.88 Å². The highest BCUT2D eigenvalue weighted by molar-refractivity contribution is 7.10. The van der Waals surface area contributed by atoms with Crippen molar-refractivity contribution in [2.24, 2.45) is 5.73 Å². The molecule has 0 radical (unpaired) electrons. The zero-order chi connectivity index (χ0) is 11.4. The number of aromatic nitrogens is 1. The van der Waals surface area contributed by atoms with Crippen LogP contribution in [0.15, 0.2) is 29.9 Å². The molecule has 2 heterocycles. The van der Waals surface area contributed by atoms with E-state index in [-0.39, 0.29) is 0 Å². The van der Waals surface area contributed by atoms with Gasteiger partial charge in [-0.3, -0.25) is 4.98 Å². The molecule has 0 atom stereocenters. The van der Waals surface area contributed by atoms with E-state index in [9.17, 15) is 0 Å². The first-order valence-corrected chi connectivity index (χ1v) is 6.07. The summed E-state index contributed by atoms with van der Waals surface area (Å²) in [4.78, 5) is 5.34. The number of thiophene rings is 1. The van der Waals surface area contributed by atoms with Gasteiger partial charge in [0.2, 0.25) is 0 Å². The number of ether oxygens (including phenoxy) is 1. The van der Waals surface area contributed by atoms with E-state index in [4.69, 9.17) is 10.5 Å². The molecule has 0 amide bonds. The van der Waals surface area contributed by atoms with Gasteiger partial charge in [-0.25, -0.2) is 0 Å². The fraction of sp³-hybridized carbons (Fsp3) is 0.250. The van der Waals surface area contributed by atoms with Crippen LogP contribution in [0.5, 0.6) is 5.75 Å². The Bertz CT molecular complexity index is 468. The number of hydrogen-bond donors (Lipinski definition) is 1. The number of nitrogens with two attached hydrogens (primary N) is 1. The Hall–Kier alpha value is -1.39. The van der Waals surface area contributed by atoms with E-state index in [0.29, 0.717) is 13.2 Å². The van der Waals surface area contributed by atoms with Gasteiger partial charge in [-0.05, 0) is 30.0 Å². The first-order valence-electron chi connectivity index (χ1n) is 5.19. The maximum atomic E-state index is 5.59. The second kappa shape index (κ2) is 5.09. The van der Waals surface area contributed by atoms with Gasteiger partial charge in [-0.15, -0.1) is 11.3 Å². The molecule has 0 saturated carbocycles. The highest BCUT2D eigenvalue weighted by Crippen LogP contribution is 2.27. The van der Waals surface area contributed by atoms with E-state index in [2.05, 4.69) is 16.4 Å². The molecule has 2 aromatic rings. The van der Waals surface area contributed by atoms with Crippen molar-refractivity contribution < 1.29 is 4.74 Å². The molecule has 0 spiro atoms. The minimum Gasteiger partial charge on any atom is -0.492 e. The van der Waals surface area contributed by atoms with Crippen LogP contribution in [0.1, 0.15) is 11.8 Å². The van der Waals surface area contributed by atoms with Crippen molar-refractivity contribution in [3.05, 3.63) is 34.8 Å². The highest BCUT2D eigenvalue weighted by atomic mass is 32.1. The van der Waals surface area contributed by atoms with Crippen LogP contribution in [0.4, 0.5) is 0 Å². The summed E-state index contributed by atoms with van der Waals surface area (Å²) in [7, 11) is 0. The number of pyridine rings is 1. The van der Waals surface area contributed by atoms with Crippen LogP contribution in [0.2, 0.25) is 0 Å². The van der Waals surface area contributed by atoms with Crippen LogP contribution in [-0.4, -0.2) is 11.6 Å². The van der Waals surface area contributed by atoms with Gasteiger partial charge in [0.1, 0.15) is 5.75 Å². The van der Waals surface area contributed by atoms with Gasteiger partial charge in [-0.1, -0.05) is 0 Å². The molecule has 2 N–H and O–H groups in total. The topological polar surface area (TPSA) is 48.1 Å². The number of hydrogen-bond acceptors (Lipinski definition) is 4. The van der Waals surface area contributed by atoms with Crippen LogP contribution >= 0.6 is 11.3 Å². The van der Waals surface area contributed by atoms with Gasteiger partial charge >= 0.3 is 0 Å². The third-order valence-corrected chi connectivity index (χ3v) is 3.17. The molecule has 0 unspecified atom stereocenters. The smallest absolute Gasteiger partial charge is 0.138 e. The molecule has 4 heteroatoms. The fourth-order valence-electron chi connectivity index (χ4n) is 1.46. The molecule has 0 aliphatic heterocycles. The molecule has 0 bridgehead atoms. The average Bonchev–Trinajstić information content (AvgIpc) is 2.78. The lowest BCUT2D eigenvalue weighted by Gasteiger charge is -2.03. The van der Waals surface area contributed by atoms with E-state index in [1.54, 1.807) is 17.5 Å². The maximum absolute atomic E-state index is 5.59. The third-order valence-electron chi connectivity index (χ3n) is 2.21. The molecule has 0 aliphatic carbocycles. The summed E-state index contributed by atoms with van der Waals surface area (Å²) in [5.41, 5.74) is 7.81. The normalized spacial score (nSPS) is 10.4. The molecule has 0 aromatic carbocycles. The van der Waals surface area contributed by atoms with Crippen LogP contribution in [0, 0.1) is 0 Å². The van der Waals surface area contributed by atoms with Crippen molar-refractivity contribution >= 4 is 11.3 Å². The lowest BCUT2D eigenvalue weighted by Crippen LogP contribution is -1.92. The molecule has 16 heavy (non-hydrogen) atoms. The summed E-state index contributed by atoms with van der Waals surface area (Å²) >= 11 is 1.67. The highest BCUT2D eigenvalue weighted by Gasteiger charge is 2.03. The number of nitrogens with zero attached hydrogens (tertiary/aromatic N) is 1. The van der Waals surface area contributed by atoms with Gasteiger partial charge < -0.3 is 10.5 Å². The van der Waals surface area contributed by atoms with E-state index in [1.807, 2.05) is 19.2 Å². The quantitative estimate of drug-likeness (QED) is 0.884. The first-order chi connectivity index (χ1) is 7.83. The van der Waals surface area contributed by atoms with Crippen LogP contribution < -0.4 is 10.5 Å². The van der Waals surface area contributed by atoms with Crippen LogP contribution in [0.25, 0.3) is 11.1 Å². The zero-order valence-electron chi connectivity index (χ0n) is 9.14. The van der Waals surface area contributed by atoms with E-state index in [0.717, 1.165) is 16.9 Å². The molecule has 2 aromatic heterocycles. The summed E-state index contributed by atoms with van der Waals surface area (Å²) in [6.07, 6.45) is 3.56. The monoisotopic (exact) mass is 234 g/mol. The molecular weight excluding hydrogens is 220 g/mol. The first kappa shape index (κ1) is 11.1. The lowest BCUT2D eigenvalue weighted by molar-refractivity contribution is 0.339. The van der Waals surface area contributed by atoms with E-state index < -0.39 is 0 Å². The molecule has 84 valence electrons. The molecule has 0 aliphatic rings. The van der Waals surface area contributed by atoms with Crippen molar-refractivity contribution in [1.29, 1.82) is 0 Å². The minimum absolute atomic E-state index is 0.587. The summed E-state index contributed by atoms with van der Waals surface area (Å²) < 4.78 is 5.42. The van der Waals surface area contributed by atoms with Gasteiger partial charge in [-0.2, -0.15) is 0 Å². The molecule has 0 saturated heterocycles. The van der Waals surface area contributed by atoms with Crippen LogP contribution in [-0.2, 0) is 6.54 Å². The second-order valence-electron chi connectivity index (χ2n) is 3.35. The molecular formula is C12H14N2OS. The summed E-state index contributed by atoms with van der Waals surface area (Å²) in [5, 5.41) is 2.09. The summed E-state index contributed by atoms with van der Waals surface area (Å²) in [5.74, 6) is 0.806. The van der Waals surface area contributed by atoms with Crippen LogP contribution in [0.3, 0.4) is 0 Å². The van der Waals surface area contributed by atoms with Crippen molar-refractivity contribution in [2.75, 3.05) is 6.61 Å². The maximum Gasteiger partial charge on any atom is 0.138 e.